The Kier molecular flexibility index (Phi) is 2.20. The summed E-state index contributed by atoms with van der Waals surface area (Å²) in [5, 5.41) is 4.02. The summed E-state index contributed by atoms with van der Waals surface area (Å²) in [6.07, 6.45) is 3.22. The summed E-state index contributed by atoms with van der Waals surface area (Å²) in [4.78, 5) is 0. The third-order valence-electron chi connectivity index (χ3n) is 5.41. The summed E-state index contributed by atoms with van der Waals surface area (Å²) in [5.74, 6) is 0. The molecule has 0 saturated heterocycles. The van der Waals surface area contributed by atoms with Crippen molar-refractivity contribution in [2.24, 2.45) is 0 Å². The zero-order valence-corrected chi connectivity index (χ0v) is 13.2. The summed E-state index contributed by atoms with van der Waals surface area (Å²) in [6.45, 7) is 0. The number of rotatable bonds is 0. The van der Waals surface area contributed by atoms with Gasteiger partial charge in [-0.25, -0.2) is 0 Å². The van der Waals surface area contributed by atoms with Gasteiger partial charge < -0.3 is 4.40 Å². The van der Waals surface area contributed by atoms with Gasteiger partial charge in [0.1, 0.15) is 0 Å². The van der Waals surface area contributed by atoms with Gasteiger partial charge in [0, 0.05) is 17.0 Å². The molecule has 0 N–H and O–H groups in total. The molecule has 0 radical (unpaired) electrons. The lowest BCUT2D eigenvalue weighted by Crippen LogP contribution is -1.91. The molecule has 2 heterocycles. The van der Waals surface area contributed by atoms with Crippen LogP contribution in [0.3, 0.4) is 0 Å². The van der Waals surface area contributed by atoms with Crippen molar-refractivity contribution in [2.75, 3.05) is 0 Å². The fourth-order valence-electron chi connectivity index (χ4n) is 4.34. The highest BCUT2D eigenvalue weighted by molar-refractivity contribution is 6.13. The number of aromatic nitrogens is 1. The van der Waals surface area contributed by atoms with Crippen LogP contribution >= 0.6 is 0 Å². The maximum Gasteiger partial charge on any atom is 0.0540 e. The first-order valence-corrected chi connectivity index (χ1v) is 8.43. The molecule has 0 spiro atoms. The zero-order valence-electron chi connectivity index (χ0n) is 13.2. The molecular weight excluding hydrogens is 290 g/mol. The highest BCUT2D eigenvalue weighted by Gasteiger charge is 2.20. The quantitative estimate of drug-likeness (QED) is 0.312. The van der Waals surface area contributed by atoms with Crippen molar-refractivity contribution in [1.82, 2.24) is 4.40 Å². The second kappa shape index (κ2) is 4.27. The molecule has 24 heavy (non-hydrogen) atoms. The molecule has 0 unspecified atom stereocenters. The molecule has 5 aromatic rings. The van der Waals surface area contributed by atoms with Crippen molar-refractivity contribution < 1.29 is 0 Å². The van der Waals surface area contributed by atoms with Crippen molar-refractivity contribution in [3.8, 4) is 11.1 Å². The van der Waals surface area contributed by atoms with Crippen LogP contribution in [0, 0.1) is 0 Å². The van der Waals surface area contributed by atoms with E-state index in [1.54, 1.807) is 0 Å². The van der Waals surface area contributed by atoms with Gasteiger partial charge in [0.2, 0.25) is 0 Å². The lowest BCUT2D eigenvalue weighted by atomic mass is 9.99. The topological polar surface area (TPSA) is 4.41 Å². The van der Waals surface area contributed by atoms with Crippen molar-refractivity contribution in [1.29, 1.82) is 0 Å². The maximum absolute atomic E-state index is 2.41. The zero-order chi connectivity index (χ0) is 15.7. The first-order chi connectivity index (χ1) is 11.9. The number of benzene rings is 3. The van der Waals surface area contributed by atoms with E-state index in [2.05, 4.69) is 83.4 Å². The Balaban J connectivity index is 1.85. The molecule has 112 valence electrons. The lowest BCUT2D eigenvalue weighted by Gasteiger charge is -2.11. The second-order valence-electron chi connectivity index (χ2n) is 6.67. The number of pyridine rings is 1. The van der Waals surface area contributed by atoms with Crippen LogP contribution in [0.15, 0.2) is 79.0 Å². The summed E-state index contributed by atoms with van der Waals surface area (Å²) >= 11 is 0. The van der Waals surface area contributed by atoms with E-state index in [9.17, 15) is 0 Å². The second-order valence-corrected chi connectivity index (χ2v) is 6.67. The number of hydrogen-bond acceptors (Lipinski definition) is 0. The largest absolute Gasteiger partial charge is 0.316 e. The number of hydrogen-bond donors (Lipinski definition) is 0. The van der Waals surface area contributed by atoms with E-state index in [0.717, 1.165) is 6.42 Å². The minimum Gasteiger partial charge on any atom is -0.316 e. The van der Waals surface area contributed by atoms with Crippen LogP contribution in [-0.2, 0) is 6.42 Å². The summed E-state index contributed by atoms with van der Waals surface area (Å²) < 4.78 is 2.33. The van der Waals surface area contributed by atoms with Crippen molar-refractivity contribution in [3.63, 3.8) is 0 Å². The Morgan fingerprint density at radius 3 is 2.38 bits per heavy atom. The molecule has 0 saturated carbocycles. The van der Waals surface area contributed by atoms with Gasteiger partial charge in [-0.05, 0) is 58.3 Å². The first-order valence-electron chi connectivity index (χ1n) is 8.43. The van der Waals surface area contributed by atoms with Gasteiger partial charge in [0.15, 0.2) is 0 Å². The molecule has 2 aromatic heterocycles. The summed E-state index contributed by atoms with van der Waals surface area (Å²) in [7, 11) is 0. The monoisotopic (exact) mass is 305 g/mol. The molecule has 1 heteroatoms. The third kappa shape index (κ3) is 1.45. The molecular formula is C23H15N. The van der Waals surface area contributed by atoms with Crippen molar-refractivity contribution in [3.05, 3.63) is 90.1 Å². The SMILES string of the molecule is c1ccc2c(c1)Cc1cc3c4ccccc4c4cccn4c3cc1-2. The van der Waals surface area contributed by atoms with Gasteiger partial charge >= 0.3 is 0 Å². The van der Waals surface area contributed by atoms with Crippen LogP contribution in [0.5, 0.6) is 0 Å². The Hall–Kier alpha value is -3.06. The molecule has 1 nitrogen and oxygen atoms in total. The molecule has 0 atom stereocenters. The Bertz CT molecular complexity index is 1270. The molecule has 6 rings (SSSR count). The van der Waals surface area contributed by atoms with E-state index in [-0.39, 0.29) is 0 Å². The van der Waals surface area contributed by atoms with Crippen LogP contribution in [0.4, 0.5) is 0 Å². The van der Waals surface area contributed by atoms with Gasteiger partial charge in [0.05, 0.1) is 11.0 Å². The van der Waals surface area contributed by atoms with E-state index in [1.165, 1.54) is 49.4 Å². The number of nitrogens with zero attached hydrogens (tertiary/aromatic N) is 1. The maximum atomic E-state index is 2.41. The highest BCUT2D eigenvalue weighted by atomic mass is 14.9. The Labute approximate surface area is 139 Å². The highest BCUT2D eigenvalue weighted by Crippen LogP contribution is 2.40. The fraction of sp³-hybridized carbons (Fsp3) is 0.0435. The van der Waals surface area contributed by atoms with Crippen molar-refractivity contribution in [2.45, 2.75) is 6.42 Å². The van der Waals surface area contributed by atoms with E-state index in [4.69, 9.17) is 0 Å². The van der Waals surface area contributed by atoms with E-state index in [0.29, 0.717) is 0 Å². The first kappa shape index (κ1) is 12.4. The third-order valence-corrected chi connectivity index (χ3v) is 5.41. The smallest absolute Gasteiger partial charge is 0.0540 e. The van der Waals surface area contributed by atoms with Crippen LogP contribution in [0.25, 0.3) is 38.3 Å². The normalized spacial score (nSPS) is 12.8. The Morgan fingerprint density at radius 1 is 0.583 bits per heavy atom. The van der Waals surface area contributed by atoms with Crippen LogP contribution in [-0.4, -0.2) is 4.40 Å². The van der Waals surface area contributed by atoms with E-state index < -0.39 is 0 Å². The molecule has 3 aromatic carbocycles. The molecule has 0 bridgehead atoms. The summed E-state index contributed by atoms with van der Waals surface area (Å²) in [5.41, 5.74) is 8.25. The van der Waals surface area contributed by atoms with Gasteiger partial charge in [-0.3, -0.25) is 0 Å². The fourth-order valence-corrected chi connectivity index (χ4v) is 4.34. The van der Waals surface area contributed by atoms with E-state index in [1.807, 2.05) is 0 Å². The average Bonchev–Trinajstić information content (AvgIpc) is 3.25. The molecule has 1 aliphatic rings. The molecule has 1 aliphatic carbocycles. The Morgan fingerprint density at radius 2 is 1.42 bits per heavy atom. The molecule has 0 fully saturated rings. The standard InChI is InChI=1S/C23H15N/c1-2-7-17-15(6-1)12-16-13-21-18-8-3-4-9-19(18)22-10-5-11-24(22)23(21)14-20(16)17/h1-11,13-14H,12H2. The van der Waals surface area contributed by atoms with Crippen LogP contribution in [0.1, 0.15) is 11.1 Å². The van der Waals surface area contributed by atoms with Crippen molar-refractivity contribution >= 4 is 27.2 Å². The van der Waals surface area contributed by atoms with Gasteiger partial charge in [-0.2, -0.15) is 0 Å². The molecule has 0 aliphatic heterocycles. The summed E-state index contributed by atoms with van der Waals surface area (Å²) in [6, 6.07) is 26.7. The van der Waals surface area contributed by atoms with Gasteiger partial charge in [-0.15, -0.1) is 0 Å². The van der Waals surface area contributed by atoms with Crippen LogP contribution < -0.4 is 0 Å². The minimum absolute atomic E-state index is 1.04. The predicted molar refractivity (Wildman–Crippen MR) is 101 cm³/mol. The minimum atomic E-state index is 1.04. The van der Waals surface area contributed by atoms with Gasteiger partial charge in [0.25, 0.3) is 0 Å². The lowest BCUT2D eigenvalue weighted by molar-refractivity contribution is 1.26. The predicted octanol–water partition coefficient (Wildman–Crippen LogP) is 5.82. The average molecular weight is 305 g/mol. The van der Waals surface area contributed by atoms with Crippen LogP contribution in [0.2, 0.25) is 0 Å². The van der Waals surface area contributed by atoms with E-state index >= 15 is 0 Å². The molecule has 0 amide bonds. The number of fused-ring (bicyclic) bond motifs is 9. The van der Waals surface area contributed by atoms with Gasteiger partial charge in [-0.1, -0.05) is 48.5 Å².